The van der Waals surface area contributed by atoms with E-state index in [9.17, 15) is 9.90 Å². The van der Waals surface area contributed by atoms with Crippen LogP contribution in [0.5, 0.6) is 17.2 Å². The fourth-order valence-electron chi connectivity index (χ4n) is 9.47. The Morgan fingerprint density at radius 3 is 1.67 bits per heavy atom. The number of aryl methyl sites for hydroxylation is 2. The molecule has 72 heavy (non-hydrogen) atoms. The Morgan fingerprint density at radius 1 is 0.667 bits per heavy atom. The maximum absolute atomic E-state index is 13.3. The van der Waals surface area contributed by atoms with Gasteiger partial charge in [-0.1, -0.05) is 72.8 Å². The zero-order valence-electron chi connectivity index (χ0n) is 43.5. The molecule has 1 aliphatic heterocycles. The molecule has 5 heterocycles. The van der Waals surface area contributed by atoms with Crippen LogP contribution in [0, 0.1) is 19.8 Å². The van der Waals surface area contributed by atoms with Crippen molar-refractivity contribution in [2.75, 3.05) is 13.7 Å². The average Bonchev–Trinajstić information content (AvgIpc) is 4.22. The maximum atomic E-state index is 13.3. The first-order chi connectivity index (χ1) is 34.3. The molecule has 13 nitrogen and oxygen atoms in total. The Hall–Kier alpha value is -7.67. The second-order valence-corrected chi connectivity index (χ2v) is 21.1. The highest BCUT2D eigenvalue weighted by Gasteiger charge is 2.37. The number of aromatic hydroxyl groups is 1. The minimum Gasteiger partial charge on any atom is -0.506 e. The minimum atomic E-state index is -0.197. The van der Waals surface area contributed by atoms with Gasteiger partial charge in [0.15, 0.2) is 0 Å². The van der Waals surface area contributed by atoms with E-state index in [-0.39, 0.29) is 40.8 Å². The van der Waals surface area contributed by atoms with Crippen molar-refractivity contribution in [2.45, 2.75) is 112 Å². The zero-order chi connectivity index (χ0) is 51.1. The molecule has 10 rings (SSSR count). The molecule has 0 radical (unpaired) electrons. The summed E-state index contributed by atoms with van der Waals surface area (Å²) in [7, 11) is 1.66. The van der Waals surface area contributed by atoms with E-state index in [1.54, 1.807) is 13.2 Å². The van der Waals surface area contributed by atoms with Crippen molar-refractivity contribution in [1.82, 2.24) is 43.6 Å². The fourth-order valence-corrected chi connectivity index (χ4v) is 9.47. The largest absolute Gasteiger partial charge is 0.506 e. The number of amides is 1. The zero-order valence-corrected chi connectivity index (χ0v) is 43.5. The number of phenols is 1. The molecule has 0 aliphatic carbocycles. The summed E-state index contributed by atoms with van der Waals surface area (Å²) in [6.07, 6.45) is 8.12. The molecule has 1 amide bonds. The first-order valence-electron chi connectivity index (χ1n) is 24.8. The number of methoxy groups -OCH3 is 1. The van der Waals surface area contributed by atoms with E-state index < -0.39 is 0 Å². The van der Waals surface area contributed by atoms with E-state index in [1.165, 1.54) is 11.1 Å². The molecule has 0 spiro atoms. The molecule has 0 saturated carbocycles. The van der Waals surface area contributed by atoms with Crippen LogP contribution in [0.1, 0.15) is 96.2 Å². The Morgan fingerprint density at radius 2 is 1.17 bits per heavy atom. The van der Waals surface area contributed by atoms with E-state index in [0.717, 1.165) is 67.5 Å². The third-order valence-electron chi connectivity index (χ3n) is 13.8. The number of carbonyl (C=O) groups excluding carboxylic acids is 1. The highest BCUT2D eigenvalue weighted by molar-refractivity contribution is 5.89. The number of imidazole rings is 2. The van der Waals surface area contributed by atoms with Crippen molar-refractivity contribution < 1.29 is 19.4 Å². The van der Waals surface area contributed by atoms with Gasteiger partial charge in [0, 0.05) is 55.5 Å². The summed E-state index contributed by atoms with van der Waals surface area (Å²) in [4.78, 5) is 24.8. The van der Waals surface area contributed by atoms with Gasteiger partial charge in [-0.3, -0.25) is 14.2 Å². The van der Waals surface area contributed by atoms with Gasteiger partial charge in [0.2, 0.25) is 5.91 Å². The van der Waals surface area contributed by atoms with Gasteiger partial charge in [0.05, 0.1) is 47.7 Å². The summed E-state index contributed by atoms with van der Waals surface area (Å²) in [5, 5.41) is 19.7. The number of hydrogen-bond acceptors (Lipinski definition) is 8. The van der Waals surface area contributed by atoms with Crippen molar-refractivity contribution in [1.29, 1.82) is 0 Å². The maximum Gasteiger partial charge on any atom is 0.223 e. The highest BCUT2D eigenvalue weighted by Crippen LogP contribution is 2.38. The van der Waals surface area contributed by atoms with Crippen LogP contribution in [0.15, 0.2) is 134 Å². The van der Waals surface area contributed by atoms with Gasteiger partial charge in [0.1, 0.15) is 46.0 Å². The molecule has 1 N–H and O–H groups in total. The summed E-state index contributed by atoms with van der Waals surface area (Å²) >= 11 is 0. The topological polar surface area (TPSA) is 130 Å². The molecule has 0 unspecified atom stereocenters. The average molecular weight is 966 g/mol. The third kappa shape index (κ3) is 10.4. The van der Waals surface area contributed by atoms with Gasteiger partial charge in [-0.25, -0.2) is 9.97 Å². The number of hydrogen-bond donors (Lipinski definition) is 1. The van der Waals surface area contributed by atoms with Crippen LogP contribution < -0.4 is 9.47 Å². The number of nitrogens with zero attached hydrogens (tertiary/aromatic N) is 9. The van der Waals surface area contributed by atoms with E-state index in [1.807, 2.05) is 95.2 Å². The Balaban J connectivity index is 0.000000201. The molecular formula is C59H67N9O4. The SMILES string of the molecule is COc1ccc([C@H](C)N2C[C@H]([C@@H](C)Oc3cc(-c4cnn(C(C)(C)C)c4)cc4c3nc(C)n4Cc3ccccc3)CC2=O)cc1.Cc1nc2c(O)cc(-c3cnn(C(C)(C)C)c3)cc2n1Cc1ccccc1. The van der Waals surface area contributed by atoms with Gasteiger partial charge >= 0.3 is 0 Å². The van der Waals surface area contributed by atoms with Gasteiger partial charge in [-0.15, -0.1) is 0 Å². The van der Waals surface area contributed by atoms with Crippen molar-refractivity contribution in [2.24, 2.45) is 5.92 Å². The molecular weight excluding hydrogens is 899 g/mol. The number of benzene rings is 5. The van der Waals surface area contributed by atoms with Gasteiger partial charge in [0.25, 0.3) is 0 Å². The van der Waals surface area contributed by atoms with Gasteiger partial charge in [-0.2, -0.15) is 10.2 Å². The van der Waals surface area contributed by atoms with Crippen LogP contribution in [-0.2, 0) is 29.0 Å². The number of carbonyl (C=O) groups is 1. The standard InChI is InChI=1S/C37H43N5O3.C22H24N4O/c1-24(28-13-15-32(44-7)16-14-28)40-22-30(19-35(40)43)25(2)45-34-18-29(31-20-38-42(23-31)37(4,5)6)17-33-36(34)39-26(3)41(33)21-27-11-9-8-10-12-27;1-15-24-21-19(25(15)13-16-8-6-5-7-9-16)10-17(11-20(21)27)18-12-23-26(14-18)22(2,3)4/h8-18,20,23-25,30H,19,21-22H2,1-7H3;5-12,14,27H,13H2,1-4H3/t24-,25+,30+;/m0./s1. The molecule has 9 aromatic rings. The van der Waals surface area contributed by atoms with Crippen molar-refractivity contribution in [3.8, 4) is 39.5 Å². The van der Waals surface area contributed by atoms with E-state index in [4.69, 9.17) is 14.5 Å². The fraction of sp³-hybridized carbons (Fsp3) is 0.339. The second-order valence-electron chi connectivity index (χ2n) is 21.1. The number of aromatic nitrogens is 8. The van der Waals surface area contributed by atoms with Crippen LogP contribution in [0.25, 0.3) is 44.3 Å². The van der Waals surface area contributed by atoms with Crippen LogP contribution in [0.3, 0.4) is 0 Å². The molecule has 5 aromatic carbocycles. The first kappa shape index (κ1) is 49.3. The third-order valence-corrected chi connectivity index (χ3v) is 13.8. The lowest BCUT2D eigenvalue weighted by Gasteiger charge is -2.27. The van der Waals surface area contributed by atoms with Gasteiger partial charge < -0.3 is 28.6 Å². The van der Waals surface area contributed by atoms with Crippen LogP contribution in [0.2, 0.25) is 0 Å². The Bertz CT molecular complexity index is 3340. The second kappa shape index (κ2) is 19.9. The first-order valence-corrected chi connectivity index (χ1v) is 24.8. The molecule has 1 aliphatic rings. The molecule has 4 aromatic heterocycles. The van der Waals surface area contributed by atoms with Gasteiger partial charge in [-0.05, 0) is 133 Å². The molecule has 3 atom stereocenters. The summed E-state index contributed by atoms with van der Waals surface area (Å²) < 4.78 is 20.4. The summed E-state index contributed by atoms with van der Waals surface area (Å²) in [5.74, 6) is 3.72. The van der Waals surface area contributed by atoms with Crippen LogP contribution >= 0.6 is 0 Å². The summed E-state index contributed by atoms with van der Waals surface area (Å²) in [5.41, 5.74) is 10.6. The molecule has 1 saturated heterocycles. The quantitative estimate of drug-likeness (QED) is 0.128. The predicted octanol–water partition coefficient (Wildman–Crippen LogP) is 12.1. The van der Waals surface area contributed by atoms with Crippen molar-refractivity contribution in [3.63, 3.8) is 0 Å². The smallest absolute Gasteiger partial charge is 0.223 e. The lowest BCUT2D eigenvalue weighted by Crippen LogP contribution is -2.31. The predicted molar refractivity (Wildman–Crippen MR) is 285 cm³/mol. The molecule has 0 bridgehead atoms. The Kier molecular flexibility index (Phi) is 13.6. The van der Waals surface area contributed by atoms with Crippen LogP contribution in [-0.4, -0.2) is 74.3 Å². The van der Waals surface area contributed by atoms with Crippen molar-refractivity contribution >= 4 is 28.0 Å². The number of ether oxygens (including phenoxy) is 2. The number of rotatable bonds is 12. The van der Waals surface area contributed by atoms with Crippen LogP contribution in [0.4, 0.5) is 0 Å². The molecule has 1 fully saturated rings. The highest BCUT2D eigenvalue weighted by atomic mass is 16.5. The number of likely N-dealkylation sites (tertiary alicyclic amines) is 1. The number of phenolic OH excluding ortho intramolecular Hbond substituents is 1. The van der Waals surface area contributed by atoms with E-state index >= 15 is 0 Å². The molecule has 372 valence electrons. The Labute approximate surface area is 422 Å². The normalized spacial score (nSPS) is 15.0. The lowest BCUT2D eigenvalue weighted by atomic mass is 10.0. The lowest BCUT2D eigenvalue weighted by molar-refractivity contribution is -0.129. The summed E-state index contributed by atoms with van der Waals surface area (Å²) in [6, 6.07) is 36.8. The monoisotopic (exact) mass is 966 g/mol. The van der Waals surface area contributed by atoms with E-state index in [0.29, 0.717) is 31.6 Å². The minimum absolute atomic E-state index is 0.0358. The van der Waals surface area contributed by atoms with E-state index in [2.05, 4.69) is 140 Å². The number of fused-ring (bicyclic) bond motifs is 2. The molecule has 13 heteroatoms. The summed E-state index contributed by atoms with van der Waals surface area (Å²) in [6.45, 7) is 23.0. The van der Waals surface area contributed by atoms with Crippen molar-refractivity contribution in [3.05, 3.63) is 162 Å².